The minimum Gasteiger partial charge on any atom is -0.444 e. The van der Waals surface area contributed by atoms with E-state index in [0.29, 0.717) is 18.8 Å². The molecule has 0 bridgehead atoms. The molecule has 122 valence electrons. The number of amides is 1. The molecule has 1 amide bonds. The highest BCUT2D eigenvalue weighted by molar-refractivity contribution is 7.84. The van der Waals surface area contributed by atoms with Gasteiger partial charge in [0.25, 0.3) is 0 Å². The van der Waals surface area contributed by atoms with Crippen LogP contribution in [0.25, 0.3) is 0 Å². The van der Waals surface area contributed by atoms with Crippen molar-refractivity contribution in [2.24, 2.45) is 0 Å². The van der Waals surface area contributed by atoms with Crippen LogP contribution in [-0.4, -0.2) is 44.1 Å². The number of nitrogens with zero attached hydrogens (tertiary/aromatic N) is 2. The second-order valence-electron chi connectivity index (χ2n) is 6.55. The van der Waals surface area contributed by atoms with Crippen LogP contribution in [0.5, 0.6) is 0 Å². The molecule has 1 fully saturated rings. The summed E-state index contributed by atoms with van der Waals surface area (Å²) in [6.45, 7) is 6.80. The fraction of sp³-hybridized carbons (Fsp3) is 0.625. The normalized spacial score (nSPS) is 18.0. The molecule has 1 aliphatic rings. The zero-order valence-corrected chi connectivity index (χ0v) is 14.3. The van der Waals surface area contributed by atoms with Crippen molar-refractivity contribution in [3.05, 3.63) is 30.1 Å². The van der Waals surface area contributed by atoms with E-state index in [1.807, 2.05) is 32.9 Å². The molecule has 2 rings (SSSR count). The summed E-state index contributed by atoms with van der Waals surface area (Å²) in [6.07, 6.45) is 4.71. The Morgan fingerprint density at radius 2 is 2.09 bits per heavy atom. The zero-order valence-electron chi connectivity index (χ0n) is 13.4. The van der Waals surface area contributed by atoms with E-state index in [1.165, 1.54) is 0 Å². The van der Waals surface area contributed by atoms with Gasteiger partial charge >= 0.3 is 6.09 Å². The van der Waals surface area contributed by atoms with Crippen molar-refractivity contribution < 1.29 is 13.7 Å². The second kappa shape index (κ2) is 7.22. The Balaban J connectivity index is 1.82. The number of pyridine rings is 1. The lowest BCUT2D eigenvalue weighted by molar-refractivity contribution is 0.0218. The van der Waals surface area contributed by atoms with Gasteiger partial charge in [-0.2, -0.15) is 0 Å². The number of aromatic nitrogens is 1. The Morgan fingerprint density at radius 3 is 2.64 bits per heavy atom. The quantitative estimate of drug-likeness (QED) is 0.858. The lowest BCUT2D eigenvalue weighted by atomic mass is 10.1. The minimum absolute atomic E-state index is 0.138. The van der Waals surface area contributed by atoms with Crippen LogP contribution in [-0.2, 0) is 21.3 Å². The van der Waals surface area contributed by atoms with Gasteiger partial charge in [-0.1, -0.05) is 6.07 Å². The zero-order chi connectivity index (χ0) is 16.2. The molecule has 0 radical (unpaired) electrons. The molecule has 2 heterocycles. The highest BCUT2D eigenvalue weighted by Crippen LogP contribution is 2.20. The third-order valence-corrected chi connectivity index (χ3v) is 5.33. The monoisotopic (exact) mass is 324 g/mol. The Labute approximate surface area is 134 Å². The molecule has 22 heavy (non-hydrogen) atoms. The number of hydrogen-bond donors (Lipinski definition) is 0. The van der Waals surface area contributed by atoms with Crippen LogP contribution in [0.2, 0.25) is 0 Å². The molecular weight excluding hydrogens is 300 g/mol. The molecule has 6 heteroatoms. The Kier molecular flexibility index (Phi) is 5.56. The molecule has 0 spiro atoms. The van der Waals surface area contributed by atoms with Gasteiger partial charge in [-0.05, 0) is 45.2 Å². The van der Waals surface area contributed by atoms with E-state index >= 15 is 0 Å². The molecule has 1 unspecified atom stereocenters. The molecule has 1 aromatic heterocycles. The highest BCUT2D eigenvalue weighted by atomic mass is 32.2. The van der Waals surface area contributed by atoms with Crippen molar-refractivity contribution in [1.82, 2.24) is 9.88 Å². The Bertz CT molecular complexity index is 520. The maximum atomic E-state index is 12.4. The summed E-state index contributed by atoms with van der Waals surface area (Å²) in [5, 5.41) is 0.138. The Morgan fingerprint density at radius 1 is 1.41 bits per heavy atom. The molecule has 0 aliphatic carbocycles. The van der Waals surface area contributed by atoms with Crippen molar-refractivity contribution in [3.63, 3.8) is 0 Å². The van der Waals surface area contributed by atoms with E-state index in [-0.39, 0.29) is 11.3 Å². The smallest absolute Gasteiger partial charge is 0.410 e. The molecule has 1 aromatic rings. The number of likely N-dealkylation sites (tertiary alicyclic amines) is 1. The van der Waals surface area contributed by atoms with E-state index in [4.69, 9.17) is 4.74 Å². The molecule has 5 nitrogen and oxygen atoms in total. The standard InChI is InChI=1S/C16H24N2O3S/c1-16(2,3)21-15(19)18-9-6-14(7-10-18)22(20)12-13-5-4-8-17-11-13/h4-5,8,11,14H,6-7,9-10,12H2,1-3H3. The highest BCUT2D eigenvalue weighted by Gasteiger charge is 2.29. The van der Waals surface area contributed by atoms with Gasteiger partial charge in [-0.3, -0.25) is 9.19 Å². The van der Waals surface area contributed by atoms with E-state index in [1.54, 1.807) is 17.3 Å². The largest absolute Gasteiger partial charge is 0.444 e. The molecule has 1 saturated heterocycles. The third kappa shape index (κ3) is 5.09. The first-order valence-electron chi connectivity index (χ1n) is 7.59. The molecule has 0 N–H and O–H groups in total. The topological polar surface area (TPSA) is 59.5 Å². The average Bonchev–Trinajstić information content (AvgIpc) is 2.46. The SMILES string of the molecule is CC(C)(C)OC(=O)N1CCC(S(=O)Cc2cccnc2)CC1. The van der Waals surface area contributed by atoms with Crippen LogP contribution >= 0.6 is 0 Å². The van der Waals surface area contributed by atoms with Crippen molar-refractivity contribution in [1.29, 1.82) is 0 Å². The molecule has 1 aliphatic heterocycles. The predicted octanol–water partition coefficient (Wildman–Crippen LogP) is 2.73. The van der Waals surface area contributed by atoms with E-state index in [2.05, 4.69) is 4.98 Å². The first-order chi connectivity index (χ1) is 10.3. The number of piperidine rings is 1. The number of rotatable bonds is 3. The van der Waals surface area contributed by atoms with Crippen molar-refractivity contribution in [3.8, 4) is 0 Å². The maximum Gasteiger partial charge on any atom is 0.410 e. The van der Waals surface area contributed by atoms with Crippen LogP contribution in [0.3, 0.4) is 0 Å². The number of carbonyl (C=O) groups is 1. The first-order valence-corrected chi connectivity index (χ1v) is 8.97. The van der Waals surface area contributed by atoms with Crippen molar-refractivity contribution >= 4 is 16.9 Å². The number of hydrogen-bond acceptors (Lipinski definition) is 4. The van der Waals surface area contributed by atoms with Crippen LogP contribution in [0.15, 0.2) is 24.5 Å². The van der Waals surface area contributed by atoms with E-state index in [0.717, 1.165) is 18.4 Å². The second-order valence-corrected chi connectivity index (χ2v) is 8.27. The first kappa shape index (κ1) is 16.9. The molecule has 0 saturated carbocycles. The van der Waals surface area contributed by atoms with Gasteiger partial charge in [0.2, 0.25) is 0 Å². The molecule has 1 atom stereocenters. The fourth-order valence-corrected chi connectivity index (χ4v) is 3.86. The van der Waals surface area contributed by atoms with Crippen LogP contribution in [0, 0.1) is 0 Å². The summed E-state index contributed by atoms with van der Waals surface area (Å²) in [6, 6.07) is 3.80. The third-order valence-electron chi connectivity index (χ3n) is 3.50. The van der Waals surface area contributed by atoms with Gasteiger partial charge in [0, 0.05) is 41.5 Å². The lowest BCUT2D eigenvalue weighted by Crippen LogP contribution is -2.43. The molecular formula is C16H24N2O3S. The summed E-state index contributed by atoms with van der Waals surface area (Å²) >= 11 is 0. The van der Waals surface area contributed by atoms with Gasteiger partial charge < -0.3 is 9.64 Å². The maximum absolute atomic E-state index is 12.4. The van der Waals surface area contributed by atoms with E-state index in [9.17, 15) is 9.00 Å². The summed E-state index contributed by atoms with van der Waals surface area (Å²) in [4.78, 5) is 17.8. The minimum atomic E-state index is -0.923. The van der Waals surface area contributed by atoms with Crippen molar-refractivity contribution in [2.45, 2.75) is 50.2 Å². The van der Waals surface area contributed by atoms with Gasteiger partial charge in [-0.25, -0.2) is 4.79 Å². The summed E-state index contributed by atoms with van der Waals surface area (Å²) in [5.41, 5.74) is 0.521. The van der Waals surface area contributed by atoms with Crippen LogP contribution < -0.4 is 0 Å². The van der Waals surface area contributed by atoms with Gasteiger partial charge in [0.05, 0.1) is 5.75 Å². The van der Waals surface area contributed by atoms with Crippen LogP contribution in [0.4, 0.5) is 4.79 Å². The van der Waals surface area contributed by atoms with Crippen LogP contribution in [0.1, 0.15) is 39.2 Å². The van der Waals surface area contributed by atoms with Crippen molar-refractivity contribution in [2.75, 3.05) is 13.1 Å². The van der Waals surface area contributed by atoms with Gasteiger partial charge in [-0.15, -0.1) is 0 Å². The number of carbonyl (C=O) groups excluding carboxylic acids is 1. The molecule has 0 aromatic carbocycles. The van der Waals surface area contributed by atoms with Gasteiger partial charge in [0.15, 0.2) is 0 Å². The summed E-state index contributed by atoms with van der Waals surface area (Å²) < 4.78 is 17.8. The summed E-state index contributed by atoms with van der Waals surface area (Å²) in [5.74, 6) is 0.533. The average molecular weight is 324 g/mol. The lowest BCUT2D eigenvalue weighted by Gasteiger charge is -2.33. The summed E-state index contributed by atoms with van der Waals surface area (Å²) in [7, 11) is -0.923. The van der Waals surface area contributed by atoms with E-state index < -0.39 is 16.4 Å². The predicted molar refractivity (Wildman–Crippen MR) is 86.9 cm³/mol. The Hall–Kier alpha value is -1.43. The number of ether oxygens (including phenoxy) is 1. The fourth-order valence-electron chi connectivity index (χ4n) is 2.39. The van der Waals surface area contributed by atoms with Gasteiger partial charge in [0.1, 0.15) is 5.60 Å².